The SMILES string of the molecule is COC(=O)c1cccc2c1NCCN2Cc1cc(Cl)ccc1OCc1ccc(Cl)cc1F. The van der Waals surface area contributed by atoms with Gasteiger partial charge in [-0.2, -0.15) is 0 Å². The molecule has 1 aliphatic rings. The lowest BCUT2D eigenvalue weighted by atomic mass is 10.1. The summed E-state index contributed by atoms with van der Waals surface area (Å²) in [4.78, 5) is 14.3. The Morgan fingerprint density at radius 3 is 2.66 bits per heavy atom. The molecular weight excluding hydrogens is 454 g/mol. The Morgan fingerprint density at radius 2 is 1.88 bits per heavy atom. The molecule has 0 aliphatic carbocycles. The average Bonchev–Trinajstić information content (AvgIpc) is 2.79. The van der Waals surface area contributed by atoms with E-state index in [1.54, 1.807) is 30.3 Å². The smallest absolute Gasteiger partial charge is 0.340 e. The summed E-state index contributed by atoms with van der Waals surface area (Å²) >= 11 is 12.1. The van der Waals surface area contributed by atoms with E-state index in [0.717, 1.165) is 23.5 Å². The number of esters is 1. The number of halogens is 3. The Bertz CT molecular complexity index is 1160. The van der Waals surface area contributed by atoms with Gasteiger partial charge in [0.25, 0.3) is 0 Å². The van der Waals surface area contributed by atoms with Crippen molar-refractivity contribution in [3.05, 3.63) is 87.2 Å². The minimum absolute atomic E-state index is 0.0578. The maximum absolute atomic E-state index is 14.1. The van der Waals surface area contributed by atoms with Crippen LogP contribution in [0.3, 0.4) is 0 Å². The Hall–Kier alpha value is -2.96. The molecule has 0 saturated carbocycles. The van der Waals surface area contributed by atoms with Crippen molar-refractivity contribution < 1.29 is 18.7 Å². The summed E-state index contributed by atoms with van der Waals surface area (Å²) in [6.07, 6.45) is 0. The molecule has 1 N–H and O–H groups in total. The number of benzene rings is 3. The summed E-state index contributed by atoms with van der Waals surface area (Å²) in [5, 5.41) is 4.20. The molecule has 8 heteroatoms. The molecule has 0 amide bonds. The van der Waals surface area contributed by atoms with Crippen molar-refractivity contribution in [3.8, 4) is 5.75 Å². The summed E-state index contributed by atoms with van der Waals surface area (Å²) < 4.78 is 25.0. The predicted octanol–water partition coefficient (Wildman–Crippen LogP) is 5.93. The van der Waals surface area contributed by atoms with Crippen LogP contribution in [0.5, 0.6) is 5.75 Å². The highest BCUT2D eigenvalue weighted by Gasteiger charge is 2.23. The van der Waals surface area contributed by atoms with Crippen LogP contribution < -0.4 is 15.0 Å². The Kier molecular flexibility index (Phi) is 6.72. The van der Waals surface area contributed by atoms with E-state index in [9.17, 15) is 9.18 Å². The maximum atomic E-state index is 14.1. The van der Waals surface area contributed by atoms with E-state index >= 15 is 0 Å². The van der Waals surface area contributed by atoms with Gasteiger partial charge >= 0.3 is 5.97 Å². The number of rotatable bonds is 6. The Morgan fingerprint density at radius 1 is 1.09 bits per heavy atom. The molecule has 0 aromatic heterocycles. The minimum Gasteiger partial charge on any atom is -0.488 e. The van der Waals surface area contributed by atoms with E-state index < -0.39 is 11.8 Å². The Balaban J connectivity index is 1.59. The van der Waals surface area contributed by atoms with Crippen LogP contribution in [0.1, 0.15) is 21.5 Å². The fourth-order valence-electron chi connectivity index (χ4n) is 3.68. The molecule has 5 nitrogen and oxygen atoms in total. The Labute approximate surface area is 195 Å². The van der Waals surface area contributed by atoms with E-state index in [-0.39, 0.29) is 6.61 Å². The number of hydrogen-bond acceptors (Lipinski definition) is 5. The molecule has 0 radical (unpaired) electrons. The quantitative estimate of drug-likeness (QED) is 0.448. The van der Waals surface area contributed by atoms with Crippen molar-refractivity contribution in [2.45, 2.75) is 13.2 Å². The zero-order chi connectivity index (χ0) is 22.7. The van der Waals surface area contributed by atoms with Crippen LogP contribution in [-0.4, -0.2) is 26.2 Å². The first-order valence-electron chi connectivity index (χ1n) is 10.0. The lowest BCUT2D eigenvalue weighted by molar-refractivity contribution is 0.0602. The molecule has 166 valence electrons. The molecule has 1 aliphatic heterocycles. The monoisotopic (exact) mass is 474 g/mol. The highest BCUT2D eigenvalue weighted by molar-refractivity contribution is 6.30. The molecule has 32 heavy (non-hydrogen) atoms. The number of fused-ring (bicyclic) bond motifs is 1. The largest absolute Gasteiger partial charge is 0.488 e. The first kappa shape index (κ1) is 22.2. The molecule has 3 aromatic carbocycles. The van der Waals surface area contributed by atoms with Crippen molar-refractivity contribution in [3.63, 3.8) is 0 Å². The summed E-state index contributed by atoms with van der Waals surface area (Å²) in [6.45, 7) is 1.93. The molecule has 0 spiro atoms. The van der Waals surface area contributed by atoms with Gasteiger partial charge in [0.2, 0.25) is 0 Å². The van der Waals surface area contributed by atoms with E-state index in [1.165, 1.54) is 13.2 Å². The zero-order valence-corrected chi connectivity index (χ0v) is 18.8. The minimum atomic E-state index is -0.417. The van der Waals surface area contributed by atoms with E-state index in [0.29, 0.717) is 40.0 Å². The first-order valence-corrected chi connectivity index (χ1v) is 10.8. The molecule has 0 unspecified atom stereocenters. The van der Waals surface area contributed by atoms with Gasteiger partial charge in [0.15, 0.2) is 0 Å². The van der Waals surface area contributed by atoms with E-state index in [4.69, 9.17) is 32.7 Å². The van der Waals surface area contributed by atoms with Crippen LogP contribution >= 0.6 is 23.2 Å². The highest BCUT2D eigenvalue weighted by Crippen LogP contribution is 2.35. The molecule has 0 fully saturated rings. The number of anilines is 2. The zero-order valence-electron chi connectivity index (χ0n) is 17.3. The van der Waals surface area contributed by atoms with E-state index in [2.05, 4.69) is 10.2 Å². The molecule has 1 heterocycles. The summed E-state index contributed by atoms with van der Waals surface area (Å²) in [7, 11) is 1.36. The fraction of sp³-hybridized carbons (Fsp3) is 0.208. The van der Waals surface area contributed by atoms with Crippen molar-refractivity contribution in [2.24, 2.45) is 0 Å². The van der Waals surface area contributed by atoms with Gasteiger partial charge in [0.05, 0.1) is 24.0 Å². The van der Waals surface area contributed by atoms with E-state index in [1.807, 2.05) is 18.2 Å². The number of carbonyl (C=O) groups excluding carboxylic acids is 1. The predicted molar refractivity (Wildman–Crippen MR) is 125 cm³/mol. The van der Waals surface area contributed by atoms with Gasteiger partial charge in [-0.1, -0.05) is 35.3 Å². The van der Waals surface area contributed by atoms with Crippen LogP contribution in [0.15, 0.2) is 54.6 Å². The van der Waals surface area contributed by atoms with Crippen LogP contribution in [0.25, 0.3) is 0 Å². The third kappa shape index (κ3) is 4.76. The van der Waals surface area contributed by atoms with Gasteiger partial charge in [-0.05, 0) is 42.5 Å². The average molecular weight is 475 g/mol. The number of nitrogens with one attached hydrogen (secondary N) is 1. The third-order valence-electron chi connectivity index (χ3n) is 5.25. The second-order valence-electron chi connectivity index (χ2n) is 7.32. The van der Waals surface area contributed by atoms with Crippen LogP contribution in [0, 0.1) is 5.82 Å². The molecule has 3 aromatic rings. The van der Waals surface area contributed by atoms with Gasteiger partial charge in [-0.3, -0.25) is 0 Å². The lowest BCUT2D eigenvalue weighted by Crippen LogP contribution is -2.34. The summed E-state index contributed by atoms with van der Waals surface area (Å²) in [5.41, 5.74) is 3.36. The van der Waals surface area contributed by atoms with Crippen molar-refractivity contribution >= 4 is 40.5 Å². The number of para-hydroxylation sites is 1. The van der Waals surface area contributed by atoms with Crippen molar-refractivity contribution in [2.75, 3.05) is 30.4 Å². The third-order valence-corrected chi connectivity index (χ3v) is 5.72. The van der Waals surface area contributed by atoms with Crippen LogP contribution in [-0.2, 0) is 17.9 Å². The second kappa shape index (κ2) is 9.67. The van der Waals surface area contributed by atoms with Crippen molar-refractivity contribution in [1.29, 1.82) is 0 Å². The molecular formula is C24H21Cl2FN2O3. The van der Waals surface area contributed by atoms with Gasteiger partial charge in [-0.15, -0.1) is 0 Å². The molecule has 0 bridgehead atoms. The molecule has 0 atom stereocenters. The number of carbonyl (C=O) groups is 1. The fourth-order valence-corrected chi connectivity index (χ4v) is 4.04. The standard InChI is InChI=1S/C24H21Cl2FN2O3/c1-31-24(30)19-3-2-4-21-23(19)28-9-10-29(21)13-16-11-17(25)7-8-22(16)32-14-15-5-6-18(26)12-20(15)27/h2-8,11-12,28H,9-10,13-14H2,1H3. The van der Waals surface area contributed by atoms with Gasteiger partial charge < -0.3 is 19.7 Å². The topological polar surface area (TPSA) is 50.8 Å². The van der Waals surface area contributed by atoms with Crippen molar-refractivity contribution in [1.82, 2.24) is 0 Å². The normalized spacial score (nSPS) is 12.7. The summed E-state index contributed by atoms with van der Waals surface area (Å²) in [6, 6.07) is 15.3. The summed E-state index contributed by atoms with van der Waals surface area (Å²) in [5.74, 6) is -0.208. The van der Waals surface area contributed by atoms with Crippen LogP contribution in [0.2, 0.25) is 10.0 Å². The number of hydrogen-bond donors (Lipinski definition) is 1. The number of methoxy groups -OCH3 is 1. The number of ether oxygens (including phenoxy) is 2. The maximum Gasteiger partial charge on any atom is 0.340 e. The van der Waals surface area contributed by atoms with Gasteiger partial charge in [0, 0.05) is 40.8 Å². The number of nitrogens with zero attached hydrogens (tertiary/aromatic N) is 1. The lowest BCUT2D eigenvalue weighted by Gasteiger charge is -2.33. The molecule has 0 saturated heterocycles. The van der Waals surface area contributed by atoms with Crippen LogP contribution in [0.4, 0.5) is 15.8 Å². The van der Waals surface area contributed by atoms with Gasteiger partial charge in [0.1, 0.15) is 18.2 Å². The second-order valence-corrected chi connectivity index (χ2v) is 8.19. The first-order chi connectivity index (χ1) is 15.5. The highest BCUT2D eigenvalue weighted by atomic mass is 35.5. The van der Waals surface area contributed by atoms with Gasteiger partial charge in [-0.25, -0.2) is 9.18 Å². The molecule has 4 rings (SSSR count).